The van der Waals surface area contributed by atoms with E-state index in [1.54, 1.807) is 0 Å². The molecule has 1 aliphatic rings. The van der Waals surface area contributed by atoms with Crippen LogP contribution in [0.3, 0.4) is 0 Å². The fourth-order valence-electron chi connectivity index (χ4n) is 1.21. The summed E-state index contributed by atoms with van der Waals surface area (Å²) < 4.78 is 0. The molecule has 1 saturated heterocycles. The van der Waals surface area contributed by atoms with Crippen molar-refractivity contribution in [2.24, 2.45) is 0 Å². The van der Waals surface area contributed by atoms with Gasteiger partial charge in [-0.15, -0.1) is 0 Å². The van der Waals surface area contributed by atoms with Crippen LogP contribution < -0.4 is 5.32 Å². The highest BCUT2D eigenvalue weighted by molar-refractivity contribution is 7.80. The van der Waals surface area contributed by atoms with Gasteiger partial charge in [-0.1, -0.05) is 6.92 Å². The van der Waals surface area contributed by atoms with Crippen molar-refractivity contribution in [2.75, 3.05) is 6.54 Å². The third kappa shape index (κ3) is 2.09. The maximum absolute atomic E-state index is 5.26. The number of nitrogens with one attached hydrogen (secondary N) is 1. The average molecular weight is 186 g/mol. The summed E-state index contributed by atoms with van der Waals surface area (Å²) >= 11 is 5.26. The Hall–Kier alpha value is -0.310. The fraction of sp³-hybridized carbons (Fsp3) is 0.889. The first-order valence-corrected chi connectivity index (χ1v) is 5.13. The van der Waals surface area contributed by atoms with E-state index in [2.05, 4.69) is 31.0 Å². The summed E-state index contributed by atoms with van der Waals surface area (Å²) in [7, 11) is 0. The highest BCUT2D eigenvalue weighted by atomic mass is 32.1. The summed E-state index contributed by atoms with van der Waals surface area (Å²) in [6.07, 6.45) is 2.41. The molecule has 0 saturated carbocycles. The molecule has 1 fully saturated rings. The predicted octanol–water partition coefficient (Wildman–Crippen LogP) is 1.75. The summed E-state index contributed by atoms with van der Waals surface area (Å²) in [5, 5.41) is 4.25. The molecular weight excluding hydrogens is 168 g/mol. The van der Waals surface area contributed by atoms with Gasteiger partial charge in [0, 0.05) is 18.6 Å². The van der Waals surface area contributed by atoms with Crippen LogP contribution in [-0.4, -0.2) is 28.6 Å². The van der Waals surface area contributed by atoms with Crippen LogP contribution >= 0.6 is 12.2 Å². The van der Waals surface area contributed by atoms with Crippen LogP contribution in [0.5, 0.6) is 0 Å². The second-order valence-electron chi connectivity index (χ2n) is 3.59. The van der Waals surface area contributed by atoms with E-state index in [0.29, 0.717) is 12.1 Å². The van der Waals surface area contributed by atoms with E-state index < -0.39 is 0 Å². The van der Waals surface area contributed by atoms with Gasteiger partial charge in [0.1, 0.15) is 0 Å². The Bertz CT molecular complexity index is 170. The Kier molecular flexibility index (Phi) is 3.32. The number of thiocarbonyl (C=S) groups is 1. The maximum atomic E-state index is 5.26. The third-order valence-corrected chi connectivity index (χ3v) is 2.92. The summed E-state index contributed by atoms with van der Waals surface area (Å²) in [6.45, 7) is 7.67. The van der Waals surface area contributed by atoms with Gasteiger partial charge in [-0.05, 0) is 38.9 Å². The summed E-state index contributed by atoms with van der Waals surface area (Å²) in [6, 6.07) is 1.15. The molecule has 0 aromatic heterocycles. The lowest BCUT2D eigenvalue weighted by Gasteiger charge is -2.41. The minimum absolute atomic E-state index is 0.505. The zero-order chi connectivity index (χ0) is 9.14. The van der Waals surface area contributed by atoms with Crippen molar-refractivity contribution in [1.29, 1.82) is 0 Å². The molecule has 1 N–H and O–H groups in total. The van der Waals surface area contributed by atoms with Gasteiger partial charge in [0.2, 0.25) is 0 Å². The molecule has 70 valence electrons. The normalized spacial score (nSPS) is 24.6. The second-order valence-corrected chi connectivity index (χ2v) is 3.98. The van der Waals surface area contributed by atoms with Crippen LogP contribution in [0.1, 0.15) is 33.6 Å². The van der Waals surface area contributed by atoms with Crippen molar-refractivity contribution < 1.29 is 0 Å². The van der Waals surface area contributed by atoms with Gasteiger partial charge in [0.15, 0.2) is 5.11 Å². The average Bonchev–Trinajstić information content (AvgIpc) is 2.01. The van der Waals surface area contributed by atoms with Gasteiger partial charge in [-0.2, -0.15) is 0 Å². The van der Waals surface area contributed by atoms with Gasteiger partial charge in [-0.3, -0.25) is 0 Å². The second kappa shape index (κ2) is 4.08. The lowest BCUT2D eigenvalue weighted by atomic mass is 10.1. The van der Waals surface area contributed by atoms with Crippen molar-refractivity contribution in [3.05, 3.63) is 0 Å². The van der Waals surface area contributed by atoms with E-state index in [4.69, 9.17) is 12.2 Å². The Morgan fingerprint density at radius 1 is 1.75 bits per heavy atom. The molecule has 0 radical (unpaired) electrons. The smallest absolute Gasteiger partial charge is 0.169 e. The zero-order valence-corrected chi connectivity index (χ0v) is 8.95. The largest absolute Gasteiger partial charge is 0.360 e. The van der Waals surface area contributed by atoms with Gasteiger partial charge in [0.25, 0.3) is 0 Å². The van der Waals surface area contributed by atoms with Crippen LogP contribution in [0.4, 0.5) is 0 Å². The SMILES string of the molecule is CCC(C)NC(=S)N1CCC1C. The van der Waals surface area contributed by atoms with E-state index in [0.717, 1.165) is 18.1 Å². The van der Waals surface area contributed by atoms with E-state index in [-0.39, 0.29) is 0 Å². The Morgan fingerprint density at radius 2 is 2.42 bits per heavy atom. The molecule has 1 aliphatic heterocycles. The van der Waals surface area contributed by atoms with Crippen LogP contribution in [0.25, 0.3) is 0 Å². The molecular formula is C9H18N2S. The summed E-state index contributed by atoms with van der Waals surface area (Å²) in [5.74, 6) is 0. The maximum Gasteiger partial charge on any atom is 0.169 e. The fourth-order valence-corrected chi connectivity index (χ4v) is 1.69. The van der Waals surface area contributed by atoms with Gasteiger partial charge < -0.3 is 10.2 Å². The number of likely N-dealkylation sites (tertiary alicyclic amines) is 1. The van der Waals surface area contributed by atoms with Crippen molar-refractivity contribution in [3.8, 4) is 0 Å². The molecule has 0 bridgehead atoms. The number of hydrogen-bond acceptors (Lipinski definition) is 1. The highest BCUT2D eigenvalue weighted by Gasteiger charge is 2.25. The summed E-state index contributed by atoms with van der Waals surface area (Å²) in [4.78, 5) is 2.25. The monoisotopic (exact) mass is 186 g/mol. The Labute approximate surface area is 80.3 Å². The van der Waals surface area contributed by atoms with Gasteiger partial charge in [-0.25, -0.2) is 0 Å². The molecule has 0 aliphatic carbocycles. The first-order valence-electron chi connectivity index (χ1n) is 4.72. The topological polar surface area (TPSA) is 15.3 Å². The lowest BCUT2D eigenvalue weighted by molar-refractivity contribution is 0.199. The van der Waals surface area contributed by atoms with Crippen LogP contribution in [0, 0.1) is 0 Å². The van der Waals surface area contributed by atoms with E-state index >= 15 is 0 Å². The number of rotatable bonds is 2. The molecule has 0 amide bonds. The third-order valence-electron chi connectivity index (χ3n) is 2.56. The van der Waals surface area contributed by atoms with Crippen molar-refractivity contribution >= 4 is 17.3 Å². The lowest BCUT2D eigenvalue weighted by Crippen LogP contribution is -2.54. The molecule has 1 rings (SSSR count). The first kappa shape index (κ1) is 9.78. The van der Waals surface area contributed by atoms with E-state index in [1.807, 2.05) is 0 Å². The molecule has 0 aromatic carbocycles. The Morgan fingerprint density at radius 3 is 2.75 bits per heavy atom. The molecule has 12 heavy (non-hydrogen) atoms. The minimum atomic E-state index is 0.505. The Balaban J connectivity index is 2.28. The quantitative estimate of drug-likeness (QED) is 0.662. The molecule has 2 nitrogen and oxygen atoms in total. The van der Waals surface area contributed by atoms with Gasteiger partial charge >= 0.3 is 0 Å². The zero-order valence-electron chi connectivity index (χ0n) is 8.13. The van der Waals surface area contributed by atoms with E-state index in [1.165, 1.54) is 6.42 Å². The standard InChI is InChI=1S/C9H18N2S/c1-4-7(2)10-9(12)11-6-5-8(11)3/h7-8H,4-6H2,1-3H3,(H,10,12). The first-order chi connectivity index (χ1) is 5.65. The molecule has 0 spiro atoms. The van der Waals surface area contributed by atoms with Crippen molar-refractivity contribution in [3.63, 3.8) is 0 Å². The minimum Gasteiger partial charge on any atom is -0.360 e. The molecule has 2 atom stereocenters. The van der Waals surface area contributed by atoms with Crippen molar-refractivity contribution in [1.82, 2.24) is 10.2 Å². The number of nitrogens with zero attached hydrogens (tertiary/aromatic N) is 1. The number of hydrogen-bond donors (Lipinski definition) is 1. The molecule has 2 unspecified atom stereocenters. The molecule has 0 aromatic rings. The van der Waals surface area contributed by atoms with Crippen LogP contribution in [0.15, 0.2) is 0 Å². The predicted molar refractivity (Wildman–Crippen MR) is 56.3 cm³/mol. The van der Waals surface area contributed by atoms with Crippen LogP contribution in [0.2, 0.25) is 0 Å². The highest BCUT2D eigenvalue weighted by Crippen LogP contribution is 2.16. The molecule has 1 heterocycles. The summed E-state index contributed by atoms with van der Waals surface area (Å²) in [5.41, 5.74) is 0. The van der Waals surface area contributed by atoms with Crippen molar-refractivity contribution in [2.45, 2.75) is 45.7 Å². The molecule has 3 heteroatoms. The van der Waals surface area contributed by atoms with Crippen LogP contribution in [-0.2, 0) is 0 Å². The van der Waals surface area contributed by atoms with E-state index in [9.17, 15) is 0 Å². The van der Waals surface area contributed by atoms with Gasteiger partial charge in [0.05, 0.1) is 0 Å².